The van der Waals surface area contributed by atoms with Gasteiger partial charge in [-0.2, -0.15) is 4.99 Å². The molecule has 0 radical (unpaired) electrons. The molecule has 0 unspecified atom stereocenters. The highest BCUT2D eigenvalue weighted by Gasteiger charge is 2.18. The van der Waals surface area contributed by atoms with Crippen LogP contribution in [0.25, 0.3) is 4.85 Å². The summed E-state index contributed by atoms with van der Waals surface area (Å²) in [7, 11) is 1.52. The van der Waals surface area contributed by atoms with Crippen molar-refractivity contribution in [3.63, 3.8) is 0 Å². The molecular weight excluding hydrogens is 222 g/mol. The average molecular weight is 233 g/mol. The van der Waals surface area contributed by atoms with Crippen molar-refractivity contribution in [3.8, 4) is 5.75 Å². The number of nitrogens with two attached hydrogens (primary N) is 2. The second kappa shape index (κ2) is 4.85. The normalized spacial score (nSPS) is 9.18. The molecule has 1 aromatic carbocycles. The zero-order valence-electron chi connectivity index (χ0n) is 9.06. The number of nitrogens with one attached hydrogen (secondary N) is 1. The summed E-state index contributed by atoms with van der Waals surface area (Å²) in [4.78, 5) is 18.2. The molecule has 0 spiro atoms. The number of benzene rings is 1. The van der Waals surface area contributed by atoms with Gasteiger partial charge in [0.05, 0.1) is 17.8 Å². The minimum absolute atomic E-state index is 0.130. The van der Waals surface area contributed by atoms with Crippen LogP contribution in [0, 0.1) is 6.57 Å². The van der Waals surface area contributed by atoms with Crippen molar-refractivity contribution in [2.75, 3.05) is 12.4 Å². The van der Waals surface area contributed by atoms with Crippen LogP contribution in [0.1, 0.15) is 10.4 Å². The fourth-order valence-corrected chi connectivity index (χ4v) is 1.32. The lowest BCUT2D eigenvalue weighted by molar-refractivity contribution is 0.100. The van der Waals surface area contributed by atoms with Gasteiger partial charge in [0.25, 0.3) is 5.91 Å². The number of carbonyl (C=O) groups is 1. The highest BCUT2D eigenvalue weighted by Crippen LogP contribution is 2.35. The Morgan fingerprint density at radius 1 is 1.53 bits per heavy atom. The lowest BCUT2D eigenvalue weighted by Crippen LogP contribution is -2.24. The number of hydrogen-bond acceptors (Lipinski definition) is 3. The summed E-state index contributed by atoms with van der Waals surface area (Å²) in [6, 6.07) is 2.63. The molecular formula is C10H11N5O2. The van der Waals surface area contributed by atoms with Crippen LogP contribution < -0.4 is 16.8 Å². The van der Waals surface area contributed by atoms with Crippen LogP contribution in [0.4, 0.5) is 11.4 Å². The molecule has 7 nitrogen and oxygen atoms in total. The van der Waals surface area contributed by atoms with E-state index in [1.165, 1.54) is 19.2 Å². The van der Waals surface area contributed by atoms with Crippen LogP contribution in [-0.4, -0.2) is 24.0 Å². The molecule has 1 amide bonds. The summed E-state index contributed by atoms with van der Waals surface area (Å²) in [5, 5.41) is 12.3. The van der Waals surface area contributed by atoms with E-state index in [1.54, 1.807) is 0 Å². The second-order valence-electron chi connectivity index (χ2n) is 3.06. The van der Waals surface area contributed by atoms with Gasteiger partial charge in [-0.25, -0.2) is 4.85 Å². The Labute approximate surface area is 97.6 Å². The smallest absolute Gasteiger partial charge is 0.284 e. The molecule has 7 heteroatoms. The number of anilines is 1. The van der Waals surface area contributed by atoms with Crippen molar-refractivity contribution in [2.45, 2.75) is 0 Å². The predicted molar refractivity (Wildman–Crippen MR) is 64.1 cm³/mol. The van der Waals surface area contributed by atoms with E-state index in [-0.39, 0.29) is 22.7 Å². The van der Waals surface area contributed by atoms with Gasteiger partial charge in [-0.15, -0.1) is 0 Å². The summed E-state index contributed by atoms with van der Waals surface area (Å²) < 4.78 is 0. The number of nitrogens with zero attached hydrogens (tertiary/aromatic N) is 2. The molecule has 0 heterocycles. The minimum atomic E-state index is -0.808. The van der Waals surface area contributed by atoms with Crippen molar-refractivity contribution in [2.24, 2.45) is 16.5 Å². The third-order valence-corrected chi connectivity index (χ3v) is 1.98. The van der Waals surface area contributed by atoms with E-state index >= 15 is 0 Å². The summed E-state index contributed by atoms with van der Waals surface area (Å²) in [6.07, 6.45) is 0. The van der Waals surface area contributed by atoms with Gasteiger partial charge < -0.3 is 21.9 Å². The first kappa shape index (κ1) is 12.3. The number of aromatic hydroxyl groups is 1. The van der Waals surface area contributed by atoms with Crippen molar-refractivity contribution >= 4 is 23.2 Å². The van der Waals surface area contributed by atoms with Crippen LogP contribution in [0.5, 0.6) is 5.75 Å². The van der Waals surface area contributed by atoms with Crippen LogP contribution in [0.15, 0.2) is 17.1 Å². The number of aliphatic imine (C=N–C) groups is 1. The molecule has 88 valence electrons. The van der Waals surface area contributed by atoms with Gasteiger partial charge in [0.2, 0.25) is 5.69 Å². The Morgan fingerprint density at radius 3 is 2.65 bits per heavy atom. The topological polar surface area (TPSA) is 118 Å². The van der Waals surface area contributed by atoms with Crippen molar-refractivity contribution in [1.82, 2.24) is 0 Å². The van der Waals surface area contributed by atoms with E-state index in [4.69, 9.17) is 18.0 Å². The first-order chi connectivity index (χ1) is 8.01. The van der Waals surface area contributed by atoms with E-state index < -0.39 is 11.9 Å². The number of guanidine groups is 1. The van der Waals surface area contributed by atoms with Crippen LogP contribution in [0.2, 0.25) is 0 Å². The molecule has 0 atom stereocenters. The quantitative estimate of drug-likeness (QED) is 0.335. The number of phenolic OH excluding ortho intramolecular Hbond substituents is 1. The molecule has 0 aliphatic heterocycles. The Bertz CT molecular complexity index is 526. The predicted octanol–water partition coefficient (Wildman–Crippen LogP) is 0.398. The summed E-state index contributed by atoms with van der Waals surface area (Å²) in [6.45, 7) is 6.94. The summed E-state index contributed by atoms with van der Waals surface area (Å²) >= 11 is 0. The first-order valence-corrected chi connectivity index (χ1v) is 4.56. The standard InChI is InChI=1S/C10H11N5O2/c1-13-5-3-4-6(16)7(8(5)14-2)9(17)15-10(11)12/h3-4,14,16H,2H3,(H4,11,12,15,17). The maximum absolute atomic E-state index is 11.7. The van der Waals surface area contributed by atoms with Crippen LogP contribution in [0.3, 0.4) is 0 Å². The largest absolute Gasteiger partial charge is 0.507 e. The van der Waals surface area contributed by atoms with E-state index in [0.29, 0.717) is 0 Å². The maximum atomic E-state index is 11.7. The molecule has 0 aliphatic rings. The molecule has 0 aliphatic carbocycles. The van der Waals surface area contributed by atoms with Gasteiger partial charge in [-0.3, -0.25) is 4.79 Å². The molecule has 17 heavy (non-hydrogen) atoms. The summed E-state index contributed by atoms with van der Waals surface area (Å²) in [5.74, 6) is -1.52. The lowest BCUT2D eigenvalue weighted by atomic mass is 10.1. The molecule has 1 rings (SSSR count). The van der Waals surface area contributed by atoms with Gasteiger partial charge in [0.15, 0.2) is 5.96 Å². The number of rotatable bonds is 2. The first-order valence-electron chi connectivity index (χ1n) is 4.56. The average Bonchev–Trinajstić information content (AvgIpc) is 2.27. The van der Waals surface area contributed by atoms with Gasteiger partial charge in [-0.05, 0) is 6.07 Å². The fraction of sp³-hybridized carbons (Fsp3) is 0.100. The number of amides is 1. The maximum Gasteiger partial charge on any atom is 0.284 e. The highest BCUT2D eigenvalue weighted by atomic mass is 16.3. The molecule has 0 aromatic heterocycles. The fourth-order valence-electron chi connectivity index (χ4n) is 1.32. The third kappa shape index (κ3) is 2.43. The Kier molecular flexibility index (Phi) is 3.51. The van der Waals surface area contributed by atoms with E-state index in [2.05, 4.69) is 15.2 Å². The monoisotopic (exact) mass is 233 g/mol. The molecule has 1 aromatic rings. The minimum Gasteiger partial charge on any atom is -0.507 e. The Morgan fingerprint density at radius 2 is 2.18 bits per heavy atom. The van der Waals surface area contributed by atoms with E-state index in [9.17, 15) is 9.90 Å². The van der Waals surface area contributed by atoms with Crippen LogP contribution in [-0.2, 0) is 0 Å². The van der Waals surface area contributed by atoms with E-state index in [0.717, 1.165) is 0 Å². The van der Waals surface area contributed by atoms with Gasteiger partial charge in [0.1, 0.15) is 5.75 Å². The molecule has 0 bridgehead atoms. The molecule has 0 saturated carbocycles. The van der Waals surface area contributed by atoms with Crippen LogP contribution >= 0.6 is 0 Å². The third-order valence-electron chi connectivity index (χ3n) is 1.98. The van der Waals surface area contributed by atoms with Crippen molar-refractivity contribution < 1.29 is 9.90 Å². The van der Waals surface area contributed by atoms with Gasteiger partial charge in [0, 0.05) is 7.05 Å². The van der Waals surface area contributed by atoms with Gasteiger partial charge in [-0.1, -0.05) is 6.07 Å². The zero-order chi connectivity index (χ0) is 13.0. The number of hydrogen-bond donors (Lipinski definition) is 4. The summed E-state index contributed by atoms with van der Waals surface area (Å²) in [5.41, 5.74) is 10.4. The van der Waals surface area contributed by atoms with Gasteiger partial charge >= 0.3 is 0 Å². The van der Waals surface area contributed by atoms with Crippen molar-refractivity contribution in [1.29, 1.82) is 0 Å². The Hall–Kier alpha value is -2.75. The van der Waals surface area contributed by atoms with Crippen molar-refractivity contribution in [3.05, 3.63) is 29.1 Å². The highest BCUT2D eigenvalue weighted by molar-refractivity contribution is 6.09. The molecule has 6 N–H and O–H groups in total. The Balaban J connectivity index is 3.46. The SMILES string of the molecule is [C-]#[N+]c1ccc(O)c(C(=O)N=C(N)N)c1NC. The van der Waals surface area contributed by atoms with E-state index in [1.807, 2.05) is 0 Å². The number of phenols is 1. The molecule has 0 fully saturated rings. The second-order valence-corrected chi connectivity index (χ2v) is 3.06. The lowest BCUT2D eigenvalue weighted by Gasteiger charge is -2.10. The number of carbonyl (C=O) groups excluding carboxylic acids is 1. The zero-order valence-corrected chi connectivity index (χ0v) is 9.06. The molecule has 0 saturated heterocycles.